The average Bonchev–Trinajstić information content (AvgIpc) is 2.38. The second kappa shape index (κ2) is 6.00. The van der Waals surface area contributed by atoms with Gasteiger partial charge in [-0.15, -0.1) is 0 Å². The highest BCUT2D eigenvalue weighted by molar-refractivity contribution is 5.55. The van der Waals surface area contributed by atoms with Crippen molar-refractivity contribution in [1.82, 2.24) is 0 Å². The lowest BCUT2D eigenvalue weighted by Crippen LogP contribution is -2.09. The predicted molar refractivity (Wildman–Crippen MR) is 88.7 cm³/mol. The second-order valence-corrected chi connectivity index (χ2v) is 5.73. The van der Waals surface area contributed by atoms with E-state index in [9.17, 15) is 0 Å². The first-order chi connectivity index (χ1) is 9.45. The fourth-order valence-electron chi connectivity index (χ4n) is 2.45. The lowest BCUT2D eigenvalue weighted by atomic mass is 10.0. The van der Waals surface area contributed by atoms with Crippen LogP contribution in [0.4, 0.5) is 11.4 Å². The van der Waals surface area contributed by atoms with Crippen LogP contribution in [-0.4, -0.2) is 14.1 Å². The van der Waals surface area contributed by atoms with Crippen LogP contribution in [0, 0.1) is 13.8 Å². The van der Waals surface area contributed by atoms with Crippen LogP contribution in [0.2, 0.25) is 0 Å². The molecule has 0 saturated carbocycles. The Morgan fingerprint density at radius 1 is 0.900 bits per heavy atom. The molecule has 0 radical (unpaired) electrons. The predicted octanol–water partition coefficient (Wildman–Crippen LogP) is 4.54. The highest BCUT2D eigenvalue weighted by atomic mass is 15.1. The van der Waals surface area contributed by atoms with Crippen LogP contribution in [0.15, 0.2) is 42.5 Å². The van der Waals surface area contributed by atoms with E-state index < -0.39 is 0 Å². The Labute approximate surface area is 122 Å². The molecule has 0 bridgehead atoms. The second-order valence-electron chi connectivity index (χ2n) is 5.73. The Morgan fingerprint density at radius 2 is 1.45 bits per heavy atom. The zero-order chi connectivity index (χ0) is 14.7. The third-order valence-electron chi connectivity index (χ3n) is 3.51. The van der Waals surface area contributed by atoms with Gasteiger partial charge < -0.3 is 10.2 Å². The van der Waals surface area contributed by atoms with Crippen LogP contribution in [0.1, 0.15) is 29.7 Å². The lowest BCUT2D eigenvalue weighted by Gasteiger charge is -2.18. The Balaban J connectivity index is 2.12. The molecule has 0 saturated heterocycles. The molecule has 0 amide bonds. The van der Waals surface area contributed by atoms with Gasteiger partial charge in [-0.2, -0.15) is 0 Å². The standard InChI is InChI=1S/C18H24N2/c1-13-10-14(2)12-16(11-13)15(3)19-17-6-8-18(9-7-17)20(4)5/h6-12,15,19H,1-5H3. The maximum Gasteiger partial charge on any atom is 0.0485 e. The molecule has 2 rings (SSSR count). The Kier molecular flexibility index (Phi) is 4.33. The average molecular weight is 268 g/mol. The van der Waals surface area contributed by atoms with Crippen molar-refractivity contribution in [2.75, 3.05) is 24.3 Å². The van der Waals surface area contributed by atoms with Gasteiger partial charge in [0.25, 0.3) is 0 Å². The minimum Gasteiger partial charge on any atom is -0.379 e. The summed E-state index contributed by atoms with van der Waals surface area (Å²) in [5, 5.41) is 3.56. The van der Waals surface area contributed by atoms with Gasteiger partial charge in [0.1, 0.15) is 0 Å². The molecule has 0 aromatic heterocycles. The minimum atomic E-state index is 0.304. The molecule has 2 heteroatoms. The number of rotatable bonds is 4. The van der Waals surface area contributed by atoms with Crippen molar-refractivity contribution in [3.63, 3.8) is 0 Å². The number of benzene rings is 2. The fourth-order valence-corrected chi connectivity index (χ4v) is 2.45. The number of nitrogens with zero attached hydrogens (tertiary/aromatic N) is 1. The summed E-state index contributed by atoms with van der Waals surface area (Å²) in [6, 6.07) is 15.6. The summed E-state index contributed by atoms with van der Waals surface area (Å²) in [5.74, 6) is 0. The van der Waals surface area contributed by atoms with Gasteiger partial charge in [0, 0.05) is 31.5 Å². The molecule has 1 atom stereocenters. The number of nitrogens with one attached hydrogen (secondary N) is 1. The largest absolute Gasteiger partial charge is 0.379 e. The van der Waals surface area contributed by atoms with Crippen molar-refractivity contribution in [1.29, 1.82) is 0 Å². The van der Waals surface area contributed by atoms with Crippen LogP contribution in [0.5, 0.6) is 0 Å². The molecule has 0 aliphatic rings. The third-order valence-corrected chi connectivity index (χ3v) is 3.51. The lowest BCUT2D eigenvalue weighted by molar-refractivity contribution is 0.880. The van der Waals surface area contributed by atoms with Gasteiger partial charge in [-0.1, -0.05) is 29.3 Å². The molecule has 0 aliphatic carbocycles. The molecule has 2 aromatic rings. The number of anilines is 2. The van der Waals surface area contributed by atoms with Gasteiger partial charge in [0.2, 0.25) is 0 Å². The van der Waals surface area contributed by atoms with Gasteiger partial charge in [-0.05, 0) is 50.6 Å². The van der Waals surface area contributed by atoms with E-state index in [0.717, 1.165) is 5.69 Å². The minimum absolute atomic E-state index is 0.304. The maximum atomic E-state index is 3.56. The number of hydrogen-bond donors (Lipinski definition) is 1. The van der Waals surface area contributed by atoms with E-state index in [-0.39, 0.29) is 0 Å². The first kappa shape index (κ1) is 14.4. The summed E-state index contributed by atoms with van der Waals surface area (Å²) < 4.78 is 0. The van der Waals surface area contributed by atoms with E-state index in [1.54, 1.807) is 0 Å². The Morgan fingerprint density at radius 3 is 1.95 bits per heavy atom. The molecule has 2 nitrogen and oxygen atoms in total. The summed E-state index contributed by atoms with van der Waals surface area (Å²) in [4.78, 5) is 2.11. The SMILES string of the molecule is Cc1cc(C)cc(C(C)Nc2ccc(N(C)C)cc2)c1. The molecule has 1 unspecified atom stereocenters. The van der Waals surface area contributed by atoms with Crippen molar-refractivity contribution in [2.45, 2.75) is 26.8 Å². The van der Waals surface area contributed by atoms with E-state index in [0.29, 0.717) is 6.04 Å². The van der Waals surface area contributed by atoms with Crippen LogP contribution in [-0.2, 0) is 0 Å². The molecule has 0 aliphatic heterocycles. The van der Waals surface area contributed by atoms with E-state index >= 15 is 0 Å². The van der Waals surface area contributed by atoms with E-state index in [1.165, 1.54) is 22.4 Å². The molecule has 1 N–H and O–H groups in total. The summed E-state index contributed by atoms with van der Waals surface area (Å²) in [6.07, 6.45) is 0. The molecular weight excluding hydrogens is 244 g/mol. The van der Waals surface area contributed by atoms with Crippen LogP contribution >= 0.6 is 0 Å². The van der Waals surface area contributed by atoms with Crippen molar-refractivity contribution in [3.8, 4) is 0 Å². The summed E-state index contributed by atoms with van der Waals surface area (Å²) >= 11 is 0. The monoisotopic (exact) mass is 268 g/mol. The molecule has 2 aromatic carbocycles. The van der Waals surface area contributed by atoms with Gasteiger partial charge in [-0.25, -0.2) is 0 Å². The number of aryl methyl sites for hydroxylation is 2. The highest BCUT2D eigenvalue weighted by Gasteiger charge is 2.06. The van der Waals surface area contributed by atoms with Gasteiger partial charge >= 0.3 is 0 Å². The van der Waals surface area contributed by atoms with E-state index in [2.05, 4.69) is 87.5 Å². The zero-order valence-electron chi connectivity index (χ0n) is 13.1. The Hall–Kier alpha value is -1.96. The van der Waals surface area contributed by atoms with Gasteiger partial charge in [0.15, 0.2) is 0 Å². The zero-order valence-corrected chi connectivity index (χ0v) is 13.1. The summed E-state index contributed by atoms with van der Waals surface area (Å²) in [5.41, 5.74) is 6.34. The first-order valence-electron chi connectivity index (χ1n) is 7.08. The molecule has 0 heterocycles. The van der Waals surface area contributed by atoms with E-state index in [1.807, 2.05) is 0 Å². The highest BCUT2D eigenvalue weighted by Crippen LogP contribution is 2.23. The molecule has 106 valence electrons. The van der Waals surface area contributed by atoms with E-state index in [4.69, 9.17) is 0 Å². The van der Waals surface area contributed by atoms with Crippen molar-refractivity contribution in [3.05, 3.63) is 59.2 Å². The van der Waals surface area contributed by atoms with Crippen LogP contribution in [0.3, 0.4) is 0 Å². The van der Waals surface area contributed by atoms with Crippen LogP contribution in [0.25, 0.3) is 0 Å². The maximum absolute atomic E-state index is 3.56. The normalized spacial score (nSPS) is 12.1. The summed E-state index contributed by atoms with van der Waals surface area (Å²) in [7, 11) is 4.11. The first-order valence-corrected chi connectivity index (χ1v) is 7.08. The molecule has 20 heavy (non-hydrogen) atoms. The Bertz CT molecular complexity index is 550. The topological polar surface area (TPSA) is 15.3 Å². The molecular formula is C18H24N2. The van der Waals surface area contributed by atoms with Gasteiger partial charge in [0.05, 0.1) is 0 Å². The van der Waals surface area contributed by atoms with Crippen molar-refractivity contribution >= 4 is 11.4 Å². The molecule has 0 fully saturated rings. The van der Waals surface area contributed by atoms with Crippen molar-refractivity contribution in [2.24, 2.45) is 0 Å². The van der Waals surface area contributed by atoms with Gasteiger partial charge in [-0.3, -0.25) is 0 Å². The van der Waals surface area contributed by atoms with Crippen molar-refractivity contribution < 1.29 is 0 Å². The smallest absolute Gasteiger partial charge is 0.0485 e. The molecule has 0 spiro atoms. The quantitative estimate of drug-likeness (QED) is 0.875. The number of hydrogen-bond acceptors (Lipinski definition) is 2. The summed E-state index contributed by atoms with van der Waals surface area (Å²) in [6.45, 7) is 6.50. The fraction of sp³-hybridized carbons (Fsp3) is 0.333. The van der Waals surface area contributed by atoms with Crippen LogP contribution < -0.4 is 10.2 Å². The third kappa shape index (κ3) is 3.53.